The molecule has 1 amide bonds. The van der Waals surface area contributed by atoms with Crippen LogP contribution in [0.2, 0.25) is 0 Å². The van der Waals surface area contributed by atoms with Crippen LogP contribution in [-0.2, 0) is 4.74 Å². The van der Waals surface area contributed by atoms with Crippen LogP contribution in [0.1, 0.15) is 0 Å². The predicted molar refractivity (Wildman–Crippen MR) is 44.1 cm³/mol. The molecule has 0 unspecified atom stereocenters. The van der Waals surface area contributed by atoms with Crippen molar-refractivity contribution in [1.29, 1.82) is 0 Å². The number of carboxylic acid groups (broad SMARTS) is 1. The monoisotopic (exact) mass is 171 g/mol. The SMILES string of the molecule is C=C[C@@H]1CN(C(=O)O)C[C@H]1OC. The maximum Gasteiger partial charge on any atom is 0.407 e. The Morgan fingerprint density at radius 3 is 2.75 bits per heavy atom. The second-order valence-electron chi connectivity index (χ2n) is 2.86. The summed E-state index contributed by atoms with van der Waals surface area (Å²) in [5, 5.41) is 8.68. The molecule has 1 heterocycles. The van der Waals surface area contributed by atoms with E-state index in [9.17, 15) is 4.79 Å². The first-order valence-corrected chi connectivity index (χ1v) is 3.82. The Kier molecular flexibility index (Phi) is 2.70. The minimum absolute atomic E-state index is 0.0291. The number of methoxy groups -OCH3 is 1. The van der Waals surface area contributed by atoms with Crippen molar-refractivity contribution in [1.82, 2.24) is 4.90 Å². The molecule has 12 heavy (non-hydrogen) atoms. The fourth-order valence-electron chi connectivity index (χ4n) is 1.43. The zero-order chi connectivity index (χ0) is 9.14. The molecule has 0 aromatic rings. The van der Waals surface area contributed by atoms with Gasteiger partial charge in [-0.25, -0.2) is 4.79 Å². The molecule has 1 aliphatic rings. The number of ether oxygens (including phenoxy) is 1. The van der Waals surface area contributed by atoms with Crippen LogP contribution in [0.15, 0.2) is 12.7 Å². The molecular formula is C8H13NO3. The summed E-state index contributed by atoms with van der Waals surface area (Å²) in [5.41, 5.74) is 0. The zero-order valence-electron chi connectivity index (χ0n) is 7.06. The second kappa shape index (κ2) is 3.58. The molecule has 0 aromatic carbocycles. The fraction of sp³-hybridized carbons (Fsp3) is 0.625. The van der Waals surface area contributed by atoms with E-state index >= 15 is 0 Å². The Labute approximate surface area is 71.4 Å². The maximum absolute atomic E-state index is 10.6. The van der Waals surface area contributed by atoms with Crippen LogP contribution >= 0.6 is 0 Å². The Bertz CT molecular complexity index is 193. The lowest BCUT2D eigenvalue weighted by atomic mass is 10.1. The smallest absolute Gasteiger partial charge is 0.407 e. The number of amides is 1. The standard InChI is InChI=1S/C8H13NO3/c1-3-6-4-9(8(10)11)5-7(6)12-2/h3,6-7H,1,4-5H2,2H3,(H,10,11)/t6-,7-/m1/s1. The van der Waals surface area contributed by atoms with Crippen LogP contribution < -0.4 is 0 Å². The van der Waals surface area contributed by atoms with Gasteiger partial charge in [0, 0.05) is 19.6 Å². The summed E-state index contributed by atoms with van der Waals surface area (Å²) < 4.78 is 5.12. The first kappa shape index (κ1) is 9.06. The third kappa shape index (κ3) is 1.58. The molecule has 0 aromatic heterocycles. The van der Waals surface area contributed by atoms with Gasteiger partial charge < -0.3 is 14.7 Å². The van der Waals surface area contributed by atoms with Gasteiger partial charge >= 0.3 is 6.09 Å². The molecule has 0 saturated carbocycles. The molecule has 68 valence electrons. The van der Waals surface area contributed by atoms with E-state index in [0.717, 1.165) is 0 Å². The van der Waals surface area contributed by atoms with Crippen LogP contribution in [0.4, 0.5) is 4.79 Å². The number of likely N-dealkylation sites (tertiary alicyclic amines) is 1. The van der Waals surface area contributed by atoms with Crippen molar-refractivity contribution < 1.29 is 14.6 Å². The molecule has 4 nitrogen and oxygen atoms in total. The number of hydrogen-bond acceptors (Lipinski definition) is 2. The van der Waals surface area contributed by atoms with Gasteiger partial charge in [0.15, 0.2) is 0 Å². The number of hydrogen-bond donors (Lipinski definition) is 1. The lowest BCUT2D eigenvalue weighted by molar-refractivity contribution is 0.0889. The molecule has 1 fully saturated rings. The van der Waals surface area contributed by atoms with Crippen molar-refractivity contribution in [3.05, 3.63) is 12.7 Å². The van der Waals surface area contributed by atoms with Gasteiger partial charge in [-0.05, 0) is 0 Å². The molecule has 1 aliphatic heterocycles. The molecule has 4 heteroatoms. The van der Waals surface area contributed by atoms with E-state index in [1.807, 2.05) is 0 Å². The Morgan fingerprint density at radius 2 is 2.42 bits per heavy atom. The topological polar surface area (TPSA) is 49.8 Å². The largest absolute Gasteiger partial charge is 0.465 e. The molecule has 0 aliphatic carbocycles. The van der Waals surface area contributed by atoms with Gasteiger partial charge in [-0.3, -0.25) is 0 Å². The third-order valence-electron chi connectivity index (χ3n) is 2.19. The third-order valence-corrected chi connectivity index (χ3v) is 2.19. The Hall–Kier alpha value is -1.03. The summed E-state index contributed by atoms with van der Waals surface area (Å²) in [5.74, 6) is 0.131. The van der Waals surface area contributed by atoms with E-state index in [1.165, 1.54) is 4.90 Å². The van der Waals surface area contributed by atoms with E-state index in [2.05, 4.69) is 6.58 Å². The van der Waals surface area contributed by atoms with Crippen molar-refractivity contribution in [3.8, 4) is 0 Å². The van der Waals surface area contributed by atoms with Gasteiger partial charge in [-0.1, -0.05) is 6.08 Å². The summed E-state index contributed by atoms with van der Waals surface area (Å²) in [6, 6.07) is 0. The predicted octanol–water partition coefficient (Wildman–Crippen LogP) is 0.797. The normalized spacial score (nSPS) is 28.9. The van der Waals surface area contributed by atoms with Crippen molar-refractivity contribution in [2.24, 2.45) is 5.92 Å². The molecule has 0 radical (unpaired) electrons. The van der Waals surface area contributed by atoms with Gasteiger partial charge in [0.25, 0.3) is 0 Å². The van der Waals surface area contributed by atoms with Crippen LogP contribution in [0.5, 0.6) is 0 Å². The van der Waals surface area contributed by atoms with E-state index in [0.29, 0.717) is 13.1 Å². The van der Waals surface area contributed by atoms with Gasteiger partial charge in [0.1, 0.15) is 0 Å². The van der Waals surface area contributed by atoms with Crippen LogP contribution in [0.25, 0.3) is 0 Å². The average Bonchev–Trinajstić information content (AvgIpc) is 2.46. The Morgan fingerprint density at radius 1 is 1.75 bits per heavy atom. The van der Waals surface area contributed by atoms with Crippen molar-refractivity contribution >= 4 is 6.09 Å². The second-order valence-corrected chi connectivity index (χ2v) is 2.86. The zero-order valence-corrected chi connectivity index (χ0v) is 7.06. The summed E-state index contributed by atoms with van der Waals surface area (Å²) >= 11 is 0. The van der Waals surface area contributed by atoms with Crippen molar-refractivity contribution in [3.63, 3.8) is 0 Å². The molecular weight excluding hydrogens is 158 g/mol. The number of nitrogens with zero attached hydrogens (tertiary/aromatic N) is 1. The van der Waals surface area contributed by atoms with E-state index in [4.69, 9.17) is 9.84 Å². The van der Waals surface area contributed by atoms with E-state index in [-0.39, 0.29) is 12.0 Å². The highest BCUT2D eigenvalue weighted by Crippen LogP contribution is 2.19. The lowest BCUT2D eigenvalue weighted by Crippen LogP contribution is -2.27. The van der Waals surface area contributed by atoms with E-state index < -0.39 is 6.09 Å². The summed E-state index contributed by atoms with van der Waals surface area (Å²) in [6.07, 6.45) is 0.830. The summed E-state index contributed by atoms with van der Waals surface area (Å²) in [4.78, 5) is 11.9. The highest BCUT2D eigenvalue weighted by molar-refractivity contribution is 5.65. The minimum Gasteiger partial charge on any atom is -0.465 e. The molecule has 1 saturated heterocycles. The first-order valence-electron chi connectivity index (χ1n) is 3.82. The first-order chi connectivity index (χ1) is 5.69. The fourth-order valence-corrected chi connectivity index (χ4v) is 1.43. The summed E-state index contributed by atoms with van der Waals surface area (Å²) in [7, 11) is 1.59. The quantitative estimate of drug-likeness (QED) is 0.625. The van der Waals surface area contributed by atoms with Gasteiger partial charge in [-0.15, -0.1) is 6.58 Å². The molecule has 1 rings (SSSR count). The van der Waals surface area contributed by atoms with Gasteiger partial charge in [0.05, 0.1) is 12.6 Å². The minimum atomic E-state index is -0.888. The molecule has 2 atom stereocenters. The van der Waals surface area contributed by atoms with Crippen LogP contribution in [-0.4, -0.2) is 42.4 Å². The average molecular weight is 171 g/mol. The number of carbonyl (C=O) groups is 1. The van der Waals surface area contributed by atoms with Crippen molar-refractivity contribution in [2.45, 2.75) is 6.10 Å². The Balaban J connectivity index is 2.58. The molecule has 0 bridgehead atoms. The van der Waals surface area contributed by atoms with Gasteiger partial charge in [0.2, 0.25) is 0 Å². The number of rotatable bonds is 2. The highest BCUT2D eigenvalue weighted by atomic mass is 16.5. The lowest BCUT2D eigenvalue weighted by Gasteiger charge is -2.11. The van der Waals surface area contributed by atoms with Gasteiger partial charge in [-0.2, -0.15) is 0 Å². The summed E-state index contributed by atoms with van der Waals surface area (Å²) in [6.45, 7) is 4.58. The van der Waals surface area contributed by atoms with E-state index in [1.54, 1.807) is 13.2 Å². The van der Waals surface area contributed by atoms with Crippen molar-refractivity contribution in [2.75, 3.05) is 20.2 Å². The van der Waals surface area contributed by atoms with Crippen LogP contribution in [0.3, 0.4) is 0 Å². The molecule has 0 spiro atoms. The maximum atomic E-state index is 10.6. The highest BCUT2D eigenvalue weighted by Gasteiger charge is 2.33. The molecule has 1 N–H and O–H groups in total. The van der Waals surface area contributed by atoms with Crippen LogP contribution in [0, 0.1) is 5.92 Å².